The van der Waals surface area contributed by atoms with Crippen LogP contribution >= 0.6 is 11.9 Å². The number of hydrogen-bond acceptors (Lipinski definition) is 7. The van der Waals surface area contributed by atoms with Gasteiger partial charge in [0.1, 0.15) is 5.69 Å². The minimum absolute atomic E-state index is 0.159. The molecule has 3 heterocycles. The number of alkyl halides is 2. The van der Waals surface area contributed by atoms with E-state index in [1.807, 2.05) is 24.5 Å². The average molecular weight is 423 g/mol. The fourth-order valence-corrected chi connectivity index (χ4v) is 3.93. The second-order valence-corrected chi connectivity index (χ2v) is 7.96. The van der Waals surface area contributed by atoms with Crippen LogP contribution in [0.25, 0.3) is 11.3 Å². The number of nitrogens with two attached hydrogens (primary N) is 1. The molecule has 9 heteroatoms. The molecule has 0 radical (unpaired) electrons. The molecule has 5 rings (SSSR count). The lowest BCUT2D eigenvalue weighted by molar-refractivity contribution is -0.00596. The molecule has 1 aromatic carbocycles. The van der Waals surface area contributed by atoms with Gasteiger partial charge in [-0.25, -0.2) is 9.97 Å². The molecule has 0 unspecified atom stereocenters. The molecule has 2 aliphatic heterocycles. The summed E-state index contributed by atoms with van der Waals surface area (Å²) in [5.74, 6) is -2.65. The number of benzene rings is 1. The van der Waals surface area contributed by atoms with Crippen molar-refractivity contribution < 1.29 is 18.6 Å². The minimum atomic E-state index is -2.93. The monoisotopic (exact) mass is 422 g/mol. The van der Waals surface area contributed by atoms with E-state index in [1.165, 1.54) is 17.5 Å². The molecule has 1 aliphatic carbocycles. The molecule has 0 atom stereocenters. The minimum Gasteiger partial charge on any atom is -0.389 e. The zero-order valence-electron chi connectivity index (χ0n) is 16.2. The largest absolute Gasteiger partial charge is 0.389 e. The first kappa shape index (κ1) is 20.5. The number of hydrogen-bond donors (Lipinski definition) is 2. The van der Waals surface area contributed by atoms with Crippen molar-refractivity contribution in [1.82, 2.24) is 9.97 Å². The van der Waals surface area contributed by atoms with E-state index >= 15 is 0 Å². The van der Waals surface area contributed by atoms with Gasteiger partial charge in [-0.2, -0.15) is 8.78 Å². The third-order valence-electron chi connectivity index (χ3n) is 5.43. The van der Waals surface area contributed by atoms with E-state index in [4.69, 9.17) is 9.88 Å². The van der Waals surface area contributed by atoms with Crippen LogP contribution in [0.1, 0.15) is 28.8 Å². The van der Waals surface area contributed by atoms with Crippen molar-refractivity contribution >= 4 is 17.9 Å². The second-order valence-electron chi connectivity index (χ2n) is 7.48. The highest BCUT2D eigenvalue weighted by Gasteiger charge is 2.44. The molecule has 3 aliphatic rings. The quantitative estimate of drug-likeness (QED) is 0.720. The number of β-amino-alcohol motifs (C(OH)–C–C–N with tert-alkyl or cyclic N) is 1. The summed E-state index contributed by atoms with van der Waals surface area (Å²) in [4.78, 5) is 10.5. The zero-order chi connectivity index (χ0) is 20.6. The van der Waals surface area contributed by atoms with Gasteiger partial charge in [0.2, 0.25) is 5.95 Å². The van der Waals surface area contributed by atoms with E-state index in [0.29, 0.717) is 37.6 Å². The van der Waals surface area contributed by atoms with Crippen LogP contribution in [-0.2, 0) is 30.1 Å². The number of aliphatic hydroxyl groups excluding tert-OH is 1. The Kier molecular flexibility index (Phi) is 5.74. The van der Waals surface area contributed by atoms with Gasteiger partial charge >= 0.3 is 0 Å². The number of ether oxygens (including phenoxy) is 1. The first-order valence-electron chi connectivity index (χ1n) is 9.58. The van der Waals surface area contributed by atoms with Crippen LogP contribution in [-0.4, -0.2) is 47.1 Å². The average Bonchev–Trinajstić information content (AvgIpc) is 3.00. The van der Waals surface area contributed by atoms with E-state index in [2.05, 4.69) is 9.97 Å². The number of rotatable bonds is 2. The normalized spacial score (nSPS) is 19.7. The lowest BCUT2D eigenvalue weighted by Crippen LogP contribution is -2.51. The maximum absolute atomic E-state index is 14.4. The molecular weight excluding hydrogens is 398 g/mol. The summed E-state index contributed by atoms with van der Waals surface area (Å²) in [5.41, 5.74) is 4.11. The van der Waals surface area contributed by atoms with E-state index in [1.54, 1.807) is 4.90 Å². The van der Waals surface area contributed by atoms with Crippen LogP contribution in [0.4, 0.5) is 14.7 Å². The van der Waals surface area contributed by atoms with Crippen LogP contribution < -0.4 is 10.0 Å². The Labute approximate surface area is 172 Å². The van der Waals surface area contributed by atoms with Crippen LogP contribution in [0, 0.1) is 0 Å². The predicted octanol–water partition coefficient (Wildman–Crippen LogP) is 2.66. The molecule has 1 fully saturated rings. The maximum Gasteiger partial charge on any atom is 0.290 e. The maximum atomic E-state index is 14.4. The van der Waals surface area contributed by atoms with Crippen LogP contribution in [0.15, 0.2) is 18.2 Å². The number of anilines is 1. The fourth-order valence-electron chi connectivity index (χ4n) is 3.93. The summed E-state index contributed by atoms with van der Waals surface area (Å²) in [6.07, 6.45) is 2.28. The Morgan fingerprint density at radius 2 is 2.00 bits per heavy atom. The number of aromatic nitrogens is 2. The molecule has 6 nitrogen and oxygen atoms in total. The molecule has 0 bridgehead atoms. The molecule has 1 aromatic heterocycles. The van der Waals surface area contributed by atoms with Gasteiger partial charge in [-0.3, -0.25) is 5.14 Å². The molecule has 0 amide bonds. The Balaban J connectivity index is 0.000000645. The SMILES string of the molecule is CSN.OC1CN(c2nc(-c3ccc4c(c3)COCC4)c3c(n2)C(F)(F)CC3)C1. The van der Waals surface area contributed by atoms with Gasteiger partial charge in [-0.05, 0) is 36.3 Å². The summed E-state index contributed by atoms with van der Waals surface area (Å²) in [6, 6.07) is 6.00. The number of nitrogens with zero attached hydrogens (tertiary/aromatic N) is 3. The summed E-state index contributed by atoms with van der Waals surface area (Å²) in [5, 5.41) is 14.3. The van der Waals surface area contributed by atoms with Gasteiger partial charge in [-0.1, -0.05) is 24.1 Å². The lowest BCUT2D eigenvalue weighted by atomic mass is 9.97. The summed E-state index contributed by atoms with van der Waals surface area (Å²) in [7, 11) is 0. The summed E-state index contributed by atoms with van der Waals surface area (Å²) >= 11 is 1.25. The van der Waals surface area contributed by atoms with Gasteiger partial charge in [0.15, 0.2) is 0 Å². The third-order valence-corrected chi connectivity index (χ3v) is 5.43. The van der Waals surface area contributed by atoms with E-state index in [0.717, 1.165) is 17.5 Å². The highest BCUT2D eigenvalue weighted by Crippen LogP contribution is 2.44. The van der Waals surface area contributed by atoms with Crippen LogP contribution in [0.5, 0.6) is 0 Å². The number of halogens is 2. The van der Waals surface area contributed by atoms with E-state index in [-0.39, 0.29) is 24.5 Å². The molecule has 2 aromatic rings. The van der Waals surface area contributed by atoms with Crippen molar-refractivity contribution in [3.05, 3.63) is 40.6 Å². The molecule has 156 valence electrons. The number of fused-ring (bicyclic) bond motifs is 2. The summed E-state index contributed by atoms with van der Waals surface area (Å²) < 4.78 is 34.3. The smallest absolute Gasteiger partial charge is 0.290 e. The second kappa shape index (κ2) is 8.14. The highest BCUT2D eigenvalue weighted by molar-refractivity contribution is 7.96. The third kappa shape index (κ3) is 3.96. The van der Waals surface area contributed by atoms with Crippen LogP contribution in [0.3, 0.4) is 0 Å². The Morgan fingerprint density at radius 1 is 1.24 bits per heavy atom. The molecule has 0 spiro atoms. The standard InChI is InChI=1S/C19H19F2N3O2.CH5NS/c20-19(21)5-3-15-16(12-2-1-11-4-6-26-10-13(11)7-12)22-18(23-17(15)19)24-8-14(25)9-24;1-3-2/h1-2,7,14,25H,3-6,8-10H2;2H2,1H3. The highest BCUT2D eigenvalue weighted by atomic mass is 32.2. The zero-order valence-corrected chi connectivity index (χ0v) is 17.0. The predicted molar refractivity (Wildman–Crippen MR) is 109 cm³/mol. The van der Waals surface area contributed by atoms with Gasteiger partial charge < -0.3 is 14.7 Å². The van der Waals surface area contributed by atoms with Crippen molar-refractivity contribution in [3.63, 3.8) is 0 Å². The first-order chi connectivity index (χ1) is 13.9. The molecule has 0 saturated carbocycles. The van der Waals surface area contributed by atoms with E-state index in [9.17, 15) is 13.9 Å². The lowest BCUT2D eigenvalue weighted by Gasteiger charge is -2.36. The molecule has 29 heavy (non-hydrogen) atoms. The summed E-state index contributed by atoms with van der Waals surface area (Å²) in [6.45, 7) is 2.00. The van der Waals surface area contributed by atoms with E-state index < -0.39 is 12.0 Å². The molecule has 1 saturated heterocycles. The Morgan fingerprint density at radius 3 is 2.72 bits per heavy atom. The Hall–Kier alpha value is -1.81. The Bertz CT molecular complexity index is 906. The topological polar surface area (TPSA) is 84.5 Å². The van der Waals surface area contributed by atoms with Crippen LogP contribution in [0.2, 0.25) is 0 Å². The molecule has 3 N–H and O–H groups in total. The van der Waals surface area contributed by atoms with Crippen molar-refractivity contribution in [2.45, 2.75) is 37.9 Å². The first-order valence-corrected chi connectivity index (χ1v) is 10.9. The van der Waals surface area contributed by atoms with Crippen molar-refractivity contribution in [2.75, 3.05) is 30.9 Å². The van der Waals surface area contributed by atoms with Crippen molar-refractivity contribution in [3.8, 4) is 11.3 Å². The van der Waals surface area contributed by atoms with Crippen molar-refractivity contribution in [2.24, 2.45) is 5.14 Å². The molecular formula is C20H24F2N4O2S. The number of aliphatic hydroxyl groups is 1. The van der Waals surface area contributed by atoms with Crippen molar-refractivity contribution in [1.29, 1.82) is 0 Å². The van der Waals surface area contributed by atoms with Gasteiger partial charge in [0.25, 0.3) is 5.92 Å². The van der Waals surface area contributed by atoms with Gasteiger partial charge in [-0.15, -0.1) is 0 Å². The van der Waals surface area contributed by atoms with Gasteiger partial charge in [0.05, 0.1) is 25.0 Å². The fraction of sp³-hybridized carbons (Fsp3) is 0.500. The van der Waals surface area contributed by atoms with Gasteiger partial charge in [0, 0.05) is 30.6 Å².